The molecule has 0 amide bonds. The lowest BCUT2D eigenvalue weighted by molar-refractivity contribution is 0.188. The van der Waals surface area contributed by atoms with E-state index in [-0.39, 0.29) is 16.2 Å². The molecule has 0 spiro atoms. The molecule has 0 atom stereocenters. The van der Waals surface area contributed by atoms with Crippen molar-refractivity contribution < 1.29 is 13.2 Å². The first-order valence-corrected chi connectivity index (χ1v) is 16.7. The summed E-state index contributed by atoms with van der Waals surface area (Å²) in [6.45, 7) is 14.2. The molecule has 0 bridgehead atoms. The summed E-state index contributed by atoms with van der Waals surface area (Å²) >= 11 is 0. The van der Waals surface area contributed by atoms with Crippen LogP contribution >= 0.6 is 0 Å². The highest BCUT2D eigenvalue weighted by Crippen LogP contribution is 2.32. The first kappa shape index (κ1) is 32.3. The SMILES string of the molecule is CC.CCCOc1ccc(S(=O)(=O)N2CCN(CCC)CC2)cc1-c1nc2c(CC)n(Cc3ccccn3)nc2c(=O)[nH]1. The van der Waals surface area contributed by atoms with E-state index in [1.165, 1.54) is 4.31 Å². The van der Waals surface area contributed by atoms with Gasteiger partial charge in [0.05, 0.1) is 35.0 Å². The highest BCUT2D eigenvalue weighted by atomic mass is 32.2. The maximum atomic E-state index is 13.7. The summed E-state index contributed by atoms with van der Waals surface area (Å²) in [6.07, 6.45) is 4.12. The molecule has 12 heteroatoms. The number of H-pyrrole nitrogens is 1. The third-order valence-corrected chi connectivity index (χ3v) is 9.14. The van der Waals surface area contributed by atoms with Gasteiger partial charge in [-0.3, -0.25) is 14.5 Å². The summed E-state index contributed by atoms with van der Waals surface area (Å²) in [5.74, 6) is 0.700. The molecular weight excluding hydrogens is 566 g/mol. The molecule has 0 saturated carbocycles. The molecule has 0 unspecified atom stereocenters. The van der Waals surface area contributed by atoms with Gasteiger partial charge in [0.1, 0.15) is 17.1 Å². The number of aryl methyl sites for hydroxylation is 1. The standard InChI is InChI=1S/C29H37N7O4S.C2H6/c1-4-13-34-14-16-35(17-15-34)41(38,39)22-10-11-25(40-18-5-2)23(19-22)28-31-26-24(6-3)36(33-27(26)29(37)32-28)20-21-9-7-8-12-30-21;1-2/h7-12,19H,4-6,13-18,20H2,1-3H3,(H,31,32,37);1-2H3. The number of hydrogen-bond acceptors (Lipinski definition) is 8. The van der Waals surface area contributed by atoms with Crippen LogP contribution < -0.4 is 10.3 Å². The van der Waals surface area contributed by atoms with E-state index in [1.54, 1.807) is 29.1 Å². The highest BCUT2D eigenvalue weighted by Gasteiger charge is 2.29. The molecule has 1 fully saturated rings. The van der Waals surface area contributed by atoms with Gasteiger partial charge in [0.25, 0.3) is 5.56 Å². The summed E-state index contributed by atoms with van der Waals surface area (Å²) in [6, 6.07) is 10.4. The summed E-state index contributed by atoms with van der Waals surface area (Å²) in [5.41, 5.74) is 2.33. The summed E-state index contributed by atoms with van der Waals surface area (Å²) in [4.78, 5) is 27.8. The van der Waals surface area contributed by atoms with Gasteiger partial charge >= 0.3 is 0 Å². The fourth-order valence-corrected chi connectivity index (χ4v) is 6.62. The number of nitrogens with one attached hydrogen (secondary N) is 1. The van der Waals surface area contributed by atoms with Crippen molar-refractivity contribution >= 4 is 21.1 Å². The van der Waals surface area contributed by atoms with Crippen LogP contribution in [0.15, 0.2) is 52.3 Å². The number of fused-ring (bicyclic) bond motifs is 1. The zero-order valence-electron chi connectivity index (χ0n) is 25.8. The largest absolute Gasteiger partial charge is 0.493 e. The Morgan fingerprint density at radius 3 is 2.40 bits per heavy atom. The maximum absolute atomic E-state index is 13.7. The van der Waals surface area contributed by atoms with Crippen molar-refractivity contribution in [2.45, 2.75) is 65.3 Å². The molecule has 232 valence electrons. The van der Waals surface area contributed by atoms with Gasteiger partial charge in [0.2, 0.25) is 10.0 Å². The lowest BCUT2D eigenvalue weighted by Crippen LogP contribution is -2.48. The van der Waals surface area contributed by atoms with Crippen molar-refractivity contribution in [1.82, 2.24) is 33.9 Å². The monoisotopic (exact) mass is 609 g/mol. The predicted octanol–water partition coefficient (Wildman–Crippen LogP) is 4.32. The number of aromatic amines is 1. The molecule has 11 nitrogen and oxygen atoms in total. The Kier molecular flexibility index (Phi) is 11.1. The Labute approximate surface area is 254 Å². The smallest absolute Gasteiger partial charge is 0.279 e. The van der Waals surface area contributed by atoms with Gasteiger partial charge in [-0.25, -0.2) is 13.4 Å². The number of benzene rings is 1. The molecular formula is C31H43N7O4S. The van der Waals surface area contributed by atoms with E-state index in [1.807, 2.05) is 45.9 Å². The fourth-order valence-electron chi connectivity index (χ4n) is 5.17. The molecule has 43 heavy (non-hydrogen) atoms. The minimum atomic E-state index is -3.76. The van der Waals surface area contributed by atoms with E-state index in [4.69, 9.17) is 9.72 Å². The Morgan fingerprint density at radius 1 is 0.977 bits per heavy atom. The van der Waals surface area contributed by atoms with Gasteiger partial charge in [0, 0.05) is 32.4 Å². The Balaban J connectivity index is 0.00000207. The second kappa shape index (κ2) is 14.7. The van der Waals surface area contributed by atoms with Gasteiger partial charge < -0.3 is 14.6 Å². The molecule has 0 aliphatic carbocycles. The summed E-state index contributed by atoms with van der Waals surface area (Å²) in [5, 5.41) is 4.55. The van der Waals surface area contributed by atoms with E-state index in [0.29, 0.717) is 62.6 Å². The van der Waals surface area contributed by atoms with Crippen molar-refractivity contribution in [3.63, 3.8) is 0 Å². The topological polar surface area (TPSA) is 126 Å². The third-order valence-electron chi connectivity index (χ3n) is 7.25. The van der Waals surface area contributed by atoms with E-state index in [2.05, 4.69) is 26.9 Å². The average Bonchev–Trinajstić information content (AvgIpc) is 3.39. The van der Waals surface area contributed by atoms with E-state index in [9.17, 15) is 13.2 Å². The summed E-state index contributed by atoms with van der Waals surface area (Å²) in [7, 11) is -3.76. The molecule has 1 N–H and O–H groups in total. The van der Waals surface area contributed by atoms with Crippen LogP contribution in [0.1, 0.15) is 58.8 Å². The molecule has 4 aromatic rings. The lowest BCUT2D eigenvalue weighted by Gasteiger charge is -2.33. The number of hydrogen-bond donors (Lipinski definition) is 1. The first-order chi connectivity index (χ1) is 20.8. The summed E-state index contributed by atoms with van der Waals surface area (Å²) < 4.78 is 36.6. The molecule has 1 aliphatic rings. The second-order valence-corrected chi connectivity index (χ2v) is 12.1. The van der Waals surface area contributed by atoms with Crippen molar-refractivity contribution in [3.05, 3.63) is 64.3 Å². The third kappa shape index (κ3) is 7.14. The number of pyridine rings is 1. The Morgan fingerprint density at radius 2 is 1.74 bits per heavy atom. The molecule has 1 aromatic carbocycles. The highest BCUT2D eigenvalue weighted by molar-refractivity contribution is 7.89. The van der Waals surface area contributed by atoms with Gasteiger partial charge in [0.15, 0.2) is 5.52 Å². The van der Waals surface area contributed by atoms with Crippen LogP contribution in [0.3, 0.4) is 0 Å². The van der Waals surface area contributed by atoms with Gasteiger partial charge in [-0.05, 0) is 56.1 Å². The number of aromatic nitrogens is 5. The fraction of sp³-hybridized carbons (Fsp3) is 0.484. The van der Waals surface area contributed by atoms with Crippen LogP contribution in [0.2, 0.25) is 0 Å². The van der Waals surface area contributed by atoms with Crippen molar-refractivity contribution in [2.24, 2.45) is 0 Å². The van der Waals surface area contributed by atoms with Crippen molar-refractivity contribution in [1.29, 1.82) is 0 Å². The zero-order valence-corrected chi connectivity index (χ0v) is 26.7. The molecule has 0 radical (unpaired) electrons. The van der Waals surface area contributed by atoms with E-state index in [0.717, 1.165) is 30.8 Å². The van der Waals surface area contributed by atoms with Crippen LogP contribution in [0.4, 0.5) is 0 Å². The molecule has 1 aliphatic heterocycles. The van der Waals surface area contributed by atoms with Gasteiger partial charge in [-0.2, -0.15) is 9.40 Å². The Bertz CT molecular complexity index is 1660. The van der Waals surface area contributed by atoms with Crippen molar-refractivity contribution in [3.8, 4) is 17.1 Å². The van der Waals surface area contributed by atoms with Crippen LogP contribution in [-0.2, 0) is 23.0 Å². The normalized spacial score (nSPS) is 14.4. The molecule has 1 saturated heterocycles. The van der Waals surface area contributed by atoms with Crippen LogP contribution in [-0.4, -0.2) is 81.7 Å². The van der Waals surface area contributed by atoms with E-state index >= 15 is 0 Å². The minimum absolute atomic E-state index is 0.143. The van der Waals surface area contributed by atoms with E-state index < -0.39 is 15.6 Å². The van der Waals surface area contributed by atoms with Gasteiger partial charge in [-0.1, -0.05) is 40.7 Å². The maximum Gasteiger partial charge on any atom is 0.279 e. The number of nitrogens with zero attached hydrogens (tertiary/aromatic N) is 6. The number of rotatable bonds is 11. The Hall–Kier alpha value is -3.61. The predicted molar refractivity (Wildman–Crippen MR) is 169 cm³/mol. The molecule has 5 rings (SSSR count). The molecule has 4 heterocycles. The van der Waals surface area contributed by atoms with Crippen LogP contribution in [0, 0.1) is 0 Å². The van der Waals surface area contributed by atoms with Crippen LogP contribution in [0.25, 0.3) is 22.4 Å². The minimum Gasteiger partial charge on any atom is -0.493 e. The number of piperazine rings is 1. The van der Waals surface area contributed by atoms with Crippen LogP contribution in [0.5, 0.6) is 5.75 Å². The lowest BCUT2D eigenvalue weighted by atomic mass is 10.1. The quantitative estimate of drug-likeness (QED) is 0.266. The average molecular weight is 610 g/mol. The zero-order chi connectivity index (χ0) is 31.0. The van der Waals surface area contributed by atoms with Gasteiger partial charge in [-0.15, -0.1) is 0 Å². The first-order valence-electron chi connectivity index (χ1n) is 15.2. The number of ether oxygens (including phenoxy) is 1. The van der Waals surface area contributed by atoms with Crippen molar-refractivity contribution in [2.75, 3.05) is 39.3 Å². The second-order valence-electron chi connectivity index (χ2n) is 10.1. The number of sulfonamides is 1. The molecule has 3 aromatic heterocycles.